The van der Waals surface area contributed by atoms with Gasteiger partial charge in [-0.05, 0) is 32.4 Å². The molecule has 6 nitrogen and oxygen atoms in total. The topological polar surface area (TPSA) is 67.1 Å². The Kier molecular flexibility index (Phi) is 8.30. The number of nitrogens with one attached hydrogen (secondary N) is 2. The van der Waals surface area contributed by atoms with E-state index in [1.807, 2.05) is 24.7 Å². The average Bonchev–Trinajstić information content (AvgIpc) is 3.22. The minimum absolute atomic E-state index is 0. The van der Waals surface area contributed by atoms with Crippen molar-refractivity contribution in [2.45, 2.75) is 33.4 Å². The van der Waals surface area contributed by atoms with E-state index in [1.54, 1.807) is 11.3 Å². The highest BCUT2D eigenvalue weighted by Crippen LogP contribution is 2.12. The van der Waals surface area contributed by atoms with E-state index in [0.29, 0.717) is 6.54 Å². The van der Waals surface area contributed by atoms with Gasteiger partial charge in [0, 0.05) is 30.7 Å². The lowest BCUT2D eigenvalue weighted by molar-refractivity contribution is 0.637. The predicted octanol–water partition coefficient (Wildman–Crippen LogP) is 3.56. The maximum absolute atomic E-state index is 4.60. The Bertz CT molecular complexity index is 841. The fourth-order valence-electron chi connectivity index (χ4n) is 2.61. The van der Waals surface area contributed by atoms with Crippen molar-refractivity contribution >= 4 is 52.3 Å². The number of benzene rings is 1. The summed E-state index contributed by atoms with van der Waals surface area (Å²) in [5.41, 5.74) is 2.23. The lowest BCUT2D eigenvalue weighted by Gasteiger charge is -2.11. The van der Waals surface area contributed by atoms with Gasteiger partial charge in [-0.15, -0.1) is 35.3 Å². The van der Waals surface area contributed by atoms with Crippen LogP contribution in [0.5, 0.6) is 0 Å². The Balaban J connectivity index is 0.00000243. The number of para-hydroxylation sites is 2. The number of hydrogen-bond donors (Lipinski definition) is 2. The van der Waals surface area contributed by atoms with Crippen molar-refractivity contribution in [1.82, 2.24) is 25.2 Å². The molecular formula is C18H25IN6S. The first-order valence-electron chi connectivity index (χ1n) is 8.59. The van der Waals surface area contributed by atoms with Crippen molar-refractivity contribution in [2.24, 2.45) is 4.99 Å². The van der Waals surface area contributed by atoms with Gasteiger partial charge in [0.15, 0.2) is 5.96 Å². The summed E-state index contributed by atoms with van der Waals surface area (Å²) in [7, 11) is 0. The zero-order valence-corrected chi connectivity index (χ0v) is 18.3. The fraction of sp³-hybridized carbons (Fsp3) is 0.389. The van der Waals surface area contributed by atoms with Crippen LogP contribution < -0.4 is 10.6 Å². The molecule has 0 saturated heterocycles. The summed E-state index contributed by atoms with van der Waals surface area (Å²) in [4.78, 5) is 14.6. The number of hydrogen-bond acceptors (Lipinski definition) is 4. The van der Waals surface area contributed by atoms with Gasteiger partial charge in [-0.25, -0.2) is 15.0 Å². The second-order valence-corrected chi connectivity index (χ2v) is 7.09. The van der Waals surface area contributed by atoms with Gasteiger partial charge in [-0.3, -0.25) is 0 Å². The summed E-state index contributed by atoms with van der Waals surface area (Å²) in [5.74, 6) is 0.839. The number of aryl methyl sites for hydroxylation is 2. The van der Waals surface area contributed by atoms with Crippen LogP contribution in [-0.2, 0) is 13.1 Å². The first kappa shape index (κ1) is 20.6. The normalized spacial score (nSPS) is 11.4. The van der Waals surface area contributed by atoms with Gasteiger partial charge >= 0.3 is 0 Å². The van der Waals surface area contributed by atoms with Gasteiger partial charge in [0.1, 0.15) is 5.01 Å². The zero-order valence-electron chi connectivity index (χ0n) is 15.1. The van der Waals surface area contributed by atoms with Crippen LogP contribution in [0.4, 0.5) is 0 Å². The maximum Gasteiger partial charge on any atom is 0.191 e. The Labute approximate surface area is 175 Å². The average molecular weight is 484 g/mol. The van der Waals surface area contributed by atoms with Crippen LogP contribution in [0.2, 0.25) is 0 Å². The monoisotopic (exact) mass is 484 g/mol. The number of aliphatic imine (C=N–C) groups is 1. The molecule has 0 amide bonds. The van der Waals surface area contributed by atoms with Crippen LogP contribution in [0.3, 0.4) is 0 Å². The maximum atomic E-state index is 4.60. The van der Waals surface area contributed by atoms with E-state index in [4.69, 9.17) is 0 Å². The standard InChI is InChI=1S/C18H24N6S.HI/c1-3-19-18(22-12-17-21-11-14(2)25-17)20-9-6-10-24-13-23-15-7-4-5-8-16(15)24;/h4-5,7-8,11,13H,3,6,9-10,12H2,1-2H3,(H2,19,20,22);1H. The van der Waals surface area contributed by atoms with Crippen molar-refractivity contribution in [3.63, 3.8) is 0 Å². The molecule has 3 rings (SSSR count). The highest BCUT2D eigenvalue weighted by atomic mass is 127. The molecule has 0 saturated carbocycles. The van der Waals surface area contributed by atoms with Crippen LogP contribution in [-0.4, -0.2) is 33.6 Å². The third-order valence-corrected chi connectivity index (χ3v) is 4.68. The summed E-state index contributed by atoms with van der Waals surface area (Å²) < 4.78 is 2.19. The molecule has 3 aromatic rings. The summed E-state index contributed by atoms with van der Waals surface area (Å²) in [6, 6.07) is 8.22. The number of imidazole rings is 1. The van der Waals surface area contributed by atoms with Crippen molar-refractivity contribution in [3.05, 3.63) is 46.7 Å². The van der Waals surface area contributed by atoms with E-state index in [1.165, 1.54) is 10.4 Å². The molecule has 1 aromatic carbocycles. The van der Waals surface area contributed by atoms with Crippen LogP contribution in [0, 0.1) is 6.92 Å². The molecule has 0 aliphatic carbocycles. The molecule has 0 bridgehead atoms. The summed E-state index contributed by atoms with van der Waals surface area (Å²) in [5, 5.41) is 7.71. The molecule has 0 radical (unpaired) electrons. The zero-order chi connectivity index (χ0) is 17.5. The third kappa shape index (κ3) is 5.66. The predicted molar refractivity (Wildman–Crippen MR) is 119 cm³/mol. The first-order chi connectivity index (χ1) is 12.3. The number of rotatable bonds is 7. The summed E-state index contributed by atoms with van der Waals surface area (Å²) in [6.07, 6.45) is 4.81. The van der Waals surface area contributed by atoms with Crippen LogP contribution in [0.25, 0.3) is 11.0 Å². The van der Waals surface area contributed by atoms with Crippen molar-refractivity contribution in [3.8, 4) is 0 Å². The summed E-state index contributed by atoms with van der Waals surface area (Å²) >= 11 is 1.69. The smallest absolute Gasteiger partial charge is 0.191 e. The van der Waals surface area contributed by atoms with Gasteiger partial charge in [0.25, 0.3) is 0 Å². The van der Waals surface area contributed by atoms with E-state index in [0.717, 1.165) is 42.5 Å². The number of aromatic nitrogens is 3. The molecule has 0 unspecified atom stereocenters. The van der Waals surface area contributed by atoms with E-state index in [9.17, 15) is 0 Å². The molecule has 140 valence electrons. The van der Waals surface area contributed by atoms with E-state index in [-0.39, 0.29) is 24.0 Å². The van der Waals surface area contributed by atoms with Crippen LogP contribution >= 0.6 is 35.3 Å². The van der Waals surface area contributed by atoms with Crippen molar-refractivity contribution in [1.29, 1.82) is 0 Å². The second-order valence-electron chi connectivity index (χ2n) is 5.77. The molecule has 26 heavy (non-hydrogen) atoms. The number of guanidine groups is 1. The Hall–Kier alpha value is -1.68. The number of fused-ring (bicyclic) bond motifs is 1. The molecule has 8 heteroatoms. The van der Waals surface area contributed by atoms with Gasteiger partial charge in [-0.2, -0.15) is 0 Å². The molecule has 2 aromatic heterocycles. The molecule has 0 atom stereocenters. The van der Waals surface area contributed by atoms with Gasteiger partial charge in [0.05, 0.1) is 23.9 Å². The first-order valence-corrected chi connectivity index (χ1v) is 9.41. The molecule has 0 spiro atoms. The molecule has 2 N–H and O–H groups in total. The Morgan fingerprint density at radius 1 is 1.23 bits per heavy atom. The highest BCUT2D eigenvalue weighted by Gasteiger charge is 2.02. The second kappa shape index (κ2) is 10.5. The van der Waals surface area contributed by atoms with Crippen molar-refractivity contribution in [2.75, 3.05) is 13.1 Å². The van der Waals surface area contributed by atoms with E-state index in [2.05, 4.69) is 56.1 Å². The van der Waals surface area contributed by atoms with Gasteiger partial charge < -0.3 is 15.2 Å². The molecule has 0 fully saturated rings. The van der Waals surface area contributed by atoms with E-state index < -0.39 is 0 Å². The Morgan fingerprint density at radius 2 is 2.08 bits per heavy atom. The van der Waals surface area contributed by atoms with Gasteiger partial charge in [-0.1, -0.05) is 12.1 Å². The highest BCUT2D eigenvalue weighted by molar-refractivity contribution is 14.0. The number of thiazole rings is 1. The minimum Gasteiger partial charge on any atom is -0.357 e. The number of halogens is 1. The van der Waals surface area contributed by atoms with Gasteiger partial charge in [0.2, 0.25) is 0 Å². The van der Waals surface area contributed by atoms with E-state index >= 15 is 0 Å². The number of nitrogens with zero attached hydrogens (tertiary/aromatic N) is 4. The van der Waals surface area contributed by atoms with Crippen LogP contribution in [0.1, 0.15) is 23.2 Å². The molecule has 2 heterocycles. The third-order valence-electron chi connectivity index (χ3n) is 3.78. The quantitative estimate of drug-likeness (QED) is 0.233. The van der Waals surface area contributed by atoms with Crippen LogP contribution in [0.15, 0.2) is 41.8 Å². The lowest BCUT2D eigenvalue weighted by Crippen LogP contribution is -2.38. The lowest BCUT2D eigenvalue weighted by atomic mass is 10.3. The molecule has 0 aliphatic rings. The Morgan fingerprint density at radius 3 is 2.85 bits per heavy atom. The van der Waals surface area contributed by atoms with Crippen molar-refractivity contribution < 1.29 is 0 Å². The summed E-state index contributed by atoms with van der Waals surface area (Å²) in [6.45, 7) is 7.37. The molecular weight excluding hydrogens is 459 g/mol. The fourth-order valence-corrected chi connectivity index (χ4v) is 3.32. The molecule has 0 aliphatic heterocycles. The minimum atomic E-state index is 0. The SMILES string of the molecule is CCNC(=NCc1ncc(C)s1)NCCCn1cnc2ccccc21.I. The largest absolute Gasteiger partial charge is 0.357 e.